The Morgan fingerprint density at radius 3 is 2.74 bits per heavy atom. The maximum Gasteiger partial charge on any atom is 0.335 e. The number of hydrogen-bond acceptors (Lipinski definition) is 4. The van der Waals surface area contributed by atoms with Crippen LogP contribution in [0.3, 0.4) is 0 Å². The largest absolute Gasteiger partial charge is 0.478 e. The van der Waals surface area contributed by atoms with Crippen molar-refractivity contribution in [3.8, 4) is 11.4 Å². The number of carboxylic acid groups (broad SMARTS) is 1. The zero-order valence-electron chi connectivity index (χ0n) is 12.3. The second-order valence-corrected chi connectivity index (χ2v) is 5.25. The highest BCUT2D eigenvalue weighted by molar-refractivity contribution is 5.89. The Morgan fingerprint density at radius 1 is 1.09 bits per heavy atom. The third kappa shape index (κ3) is 2.03. The van der Waals surface area contributed by atoms with Gasteiger partial charge in [-0.15, -0.1) is 10.2 Å². The first-order chi connectivity index (χ1) is 11.1. The maximum absolute atomic E-state index is 11.2. The Bertz CT molecular complexity index is 1070. The lowest BCUT2D eigenvalue weighted by molar-refractivity contribution is 0.0697. The third-order valence-electron chi connectivity index (χ3n) is 3.77. The number of aromatic carboxylic acids is 1. The van der Waals surface area contributed by atoms with Crippen molar-refractivity contribution in [1.29, 1.82) is 0 Å². The highest BCUT2D eigenvalue weighted by Crippen LogP contribution is 2.24. The van der Waals surface area contributed by atoms with Crippen molar-refractivity contribution in [2.24, 2.45) is 0 Å². The smallest absolute Gasteiger partial charge is 0.335 e. The highest BCUT2D eigenvalue weighted by atomic mass is 16.4. The molecule has 2 heterocycles. The maximum atomic E-state index is 11.2. The van der Waals surface area contributed by atoms with Gasteiger partial charge >= 0.3 is 5.97 Å². The Labute approximate surface area is 131 Å². The molecule has 6 nitrogen and oxygen atoms in total. The quantitative estimate of drug-likeness (QED) is 0.616. The molecule has 0 aliphatic heterocycles. The normalized spacial score (nSPS) is 11.2. The summed E-state index contributed by atoms with van der Waals surface area (Å²) in [4.78, 5) is 15.7. The molecule has 0 aliphatic rings. The van der Waals surface area contributed by atoms with E-state index in [-0.39, 0.29) is 5.56 Å². The third-order valence-corrected chi connectivity index (χ3v) is 3.77. The van der Waals surface area contributed by atoms with Crippen LogP contribution in [0.25, 0.3) is 28.1 Å². The number of aromatic nitrogens is 4. The molecular formula is C17H12N4O2. The minimum atomic E-state index is -0.969. The molecule has 0 bridgehead atoms. The van der Waals surface area contributed by atoms with Gasteiger partial charge in [0.2, 0.25) is 0 Å². The topological polar surface area (TPSA) is 80.4 Å². The van der Waals surface area contributed by atoms with E-state index in [2.05, 4.69) is 15.2 Å². The van der Waals surface area contributed by atoms with E-state index in [1.165, 1.54) is 0 Å². The van der Waals surface area contributed by atoms with Crippen LogP contribution in [0.2, 0.25) is 0 Å². The number of carbonyl (C=O) groups is 1. The molecule has 0 spiro atoms. The molecule has 6 heteroatoms. The molecule has 2 aromatic heterocycles. The number of carboxylic acids is 1. The van der Waals surface area contributed by atoms with Gasteiger partial charge in [0.25, 0.3) is 0 Å². The Balaban J connectivity index is 2.09. The van der Waals surface area contributed by atoms with Crippen molar-refractivity contribution in [3.63, 3.8) is 0 Å². The number of aryl methyl sites for hydroxylation is 1. The molecular weight excluding hydrogens is 292 g/mol. The van der Waals surface area contributed by atoms with Gasteiger partial charge in [-0.05, 0) is 31.2 Å². The molecule has 112 valence electrons. The van der Waals surface area contributed by atoms with Crippen LogP contribution in [0.15, 0.2) is 48.5 Å². The second kappa shape index (κ2) is 4.88. The van der Waals surface area contributed by atoms with Crippen LogP contribution in [0.5, 0.6) is 0 Å². The molecule has 0 atom stereocenters. The van der Waals surface area contributed by atoms with Crippen molar-refractivity contribution in [3.05, 3.63) is 59.8 Å². The van der Waals surface area contributed by atoms with Gasteiger partial charge < -0.3 is 5.11 Å². The summed E-state index contributed by atoms with van der Waals surface area (Å²) in [7, 11) is 0. The first-order valence-corrected chi connectivity index (χ1v) is 7.09. The van der Waals surface area contributed by atoms with Gasteiger partial charge in [0.05, 0.1) is 22.3 Å². The van der Waals surface area contributed by atoms with Gasteiger partial charge in [-0.2, -0.15) is 0 Å². The fourth-order valence-electron chi connectivity index (χ4n) is 2.70. The fourth-order valence-corrected chi connectivity index (χ4v) is 2.70. The van der Waals surface area contributed by atoms with Crippen LogP contribution in [0, 0.1) is 6.92 Å². The number of para-hydroxylation sites is 2. The minimum Gasteiger partial charge on any atom is -0.478 e. The zero-order valence-corrected chi connectivity index (χ0v) is 12.3. The predicted molar refractivity (Wildman–Crippen MR) is 85.4 cm³/mol. The summed E-state index contributed by atoms with van der Waals surface area (Å²) < 4.78 is 1.92. The average Bonchev–Trinajstić information content (AvgIpc) is 3.01. The van der Waals surface area contributed by atoms with Crippen LogP contribution < -0.4 is 0 Å². The monoisotopic (exact) mass is 304 g/mol. The van der Waals surface area contributed by atoms with E-state index in [1.807, 2.05) is 41.7 Å². The van der Waals surface area contributed by atoms with Gasteiger partial charge in [0.15, 0.2) is 11.5 Å². The van der Waals surface area contributed by atoms with E-state index >= 15 is 0 Å². The molecule has 0 saturated heterocycles. The van der Waals surface area contributed by atoms with Gasteiger partial charge in [0.1, 0.15) is 0 Å². The lowest BCUT2D eigenvalue weighted by atomic mass is 10.1. The Hall–Kier alpha value is -3.28. The van der Waals surface area contributed by atoms with Gasteiger partial charge in [-0.1, -0.05) is 24.3 Å². The van der Waals surface area contributed by atoms with Gasteiger partial charge in [-0.3, -0.25) is 4.40 Å². The van der Waals surface area contributed by atoms with E-state index in [0.29, 0.717) is 17.0 Å². The number of fused-ring (bicyclic) bond motifs is 3. The molecule has 0 fully saturated rings. The van der Waals surface area contributed by atoms with Crippen molar-refractivity contribution in [1.82, 2.24) is 19.6 Å². The fraction of sp³-hybridized carbons (Fsp3) is 0.0588. The highest BCUT2D eigenvalue weighted by Gasteiger charge is 2.15. The van der Waals surface area contributed by atoms with Crippen LogP contribution in [0.1, 0.15) is 16.1 Å². The lowest BCUT2D eigenvalue weighted by Crippen LogP contribution is -1.99. The number of benzene rings is 2. The van der Waals surface area contributed by atoms with Crippen LogP contribution in [0.4, 0.5) is 0 Å². The van der Waals surface area contributed by atoms with E-state index in [0.717, 1.165) is 16.7 Å². The van der Waals surface area contributed by atoms with Gasteiger partial charge in [-0.25, -0.2) is 9.78 Å². The molecule has 2 aromatic carbocycles. The Morgan fingerprint density at radius 2 is 1.91 bits per heavy atom. The molecule has 0 radical (unpaired) electrons. The number of rotatable bonds is 2. The molecule has 4 rings (SSSR count). The molecule has 0 aliphatic carbocycles. The van der Waals surface area contributed by atoms with E-state index in [1.54, 1.807) is 18.2 Å². The van der Waals surface area contributed by atoms with Crippen molar-refractivity contribution in [2.75, 3.05) is 0 Å². The predicted octanol–water partition coefficient (Wildman–Crippen LogP) is 2.95. The van der Waals surface area contributed by atoms with Gasteiger partial charge in [0, 0.05) is 5.56 Å². The number of nitrogens with zero attached hydrogens (tertiary/aromatic N) is 4. The first kappa shape index (κ1) is 13.4. The second-order valence-electron chi connectivity index (χ2n) is 5.25. The van der Waals surface area contributed by atoms with Crippen LogP contribution >= 0.6 is 0 Å². The summed E-state index contributed by atoms with van der Waals surface area (Å²) in [6.07, 6.45) is 0. The summed E-state index contributed by atoms with van der Waals surface area (Å²) in [5.74, 6) is -0.367. The molecule has 4 aromatic rings. The Kier molecular flexibility index (Phi) is 2.84. The van der Waals surface area contributed by atoms with Crippen LogP contribution in [-0.2, 0) is 0 Å². The summed E-state index contributed by atoms with van der Waals surface area (Å²) in [5, 5.41) is 17.7. The standard InChI is InChI=1S/C17H12N4O2/c1-10-15-19-20-16(11-5-4-6-12(9-11)17(22)23)21(15)14-8-3-2-7-13(14)18-10/h2-9H,1H3,(H,22,23). The van der Waals surface area contributed by atoms with Crippen molar-refractivity contribution in [2.45, 2.75) is 6.92 Å². The summed E-state index contributed by atoms with van der Waals surface area (Å²) in [6, 6.07) is 14.4. The van der Waals surface area contributed by atoms with E-state index in [9.17, 15) is 9.90 Å². The van der Waals surface area contributed by atoms with Crippen LogP contribution in [-0.4, -0.2) is 30.7 Å². The molecule has 1 N–H and O–H groups in total. The lowest BCUT2D eigenvalue weighted by Gasteiger charge is -2.06. The zero-order chi connectivity index (χ0) is 16.0. The summed E-state index contributed by atoms with van der Waals surface area (Å²) in [6.45, 7) is 1.88. The molecule has 0 amide bonds. The molecule has 23 heavy (non-hydrogen) atoms. The SMILES string of the molecule is Cc1nc2ccccc2n2c(-c3cccc(C(=O)O)c3)nnc12. The molecule has 0 unspecified atom stereocenters. The minimum absolute atomic E-state index is 0.217. The van der Waals surface area contributed by atoms with Crippen molar-refractivity contribution >= 4 is 22.6 Å². The van der Waals surface area contributed by atoms with Crippen molar-refractivity contribution < 1.29 is 9.90 Å². The van der Waals surface area contributed by atoms with E-state index < -0.39 is 5.97 Å². The molecule has 0 saturated carbocycles. The summed E-state index contributed by atoms with van der Waals surface area (Å²) in [5.41, 5.74) is 4.08. The average molecular weight is 304 g/mol. The number of hydrogen-bond donors (Lipinski definition) is 1. The van der Waals surface area contributed by atoms with E-state index in [4.69, 9.17) is 0 Å². The first-order valence-electron chi connectivity index (χ1n) is 7.09. The summed E-state index contributed by atoms with van der Waals surface area (Å²) >= 11 is 0.